The predicted octanol–water partition coefficient (Wildman–Crippen LogP) is 3.85. The van der Waals surface area contributed by atoms with Crippen molar-refractivity contribution in [2.24, 2.45) is 0 Å². The molecule has 0 aliphatic rings. The Hall–Kier alpha value is -3.74. The zero-order valence-electron chi connectivity index (χ0n) is 14.6. The van der Waals surface area contributed by atoms with Crippen molar-refractivity contribution >= 4 is 17.4 Å². The number of nitrogens with zero attached hydrogens (tertiary/aromatic N) is 3. The summed E-state index contributed by atoms with van der Waals surface area (Å²) in [6, 6.07) is 18.3. The molecule has 27 heavy (non-hydrogen) atoms. The number of hydrogen-bond acceptors (Lipinski definition) is 5. The van der Waals surface area contributed by atoms with E-state index in [9.17, 15) is 14.9 Å². The molecule has 3 rings (SSSR count). The van der Waals surface area contributed by atoms with Crippen LogP contribution in [0.3, 0.4) is 0 Å². The highest BCUT2D eigenvalue weighted by atomic mass is 16.6. The van der Waals surface area contributed by atoms with Crippen LogP contribution in [0, 0.1) is 10.1 Å². The first-order valence-electron chi connectivity index (χ1n) is 8.19. The molecule has 0 aliphatic carbocycles. The second-order valence-electron chi connectivity index (χ2n) is 5.70. The van der Waals surface area contributed by atoms with E-state index >= 15 is 0 Å². The Balaban J connectivity index is 2.00. The summed E-state index contributed by atoms with van der Waals surface area (Å²) < 4.78 is 5.15. The third-order valence-electron chi connectivity index (χ3n) is 4.00. The van der Waals surface area contributed by atoms with E-state index in [0.29, 0.717) is 11.6 Å². The number of hydrogen-bond donors (Lipinski definition) is 0. The number of methoxy groups -OCH3 is 1. The van der Waals surface area contributed by atoms with Crippen molar-refractivity contribution in [2.45, 2.75) is 6.54 Å². The smallest absolute Gasteiger partial charge is 0.282 e. The van der Waals surface area contributed by atoms with Gasteiger partial charge in [-0.25, -0.2) is 4.98 Å². The van der Waals surface area contributed by atoms with Crippen LogP contribution in [-0.4, -0.2) is 22.9 Å². The van der Waals surface area contributed by atoms with Crippen molar-refractivity contribution < 1.29 is 14.5 Å². The van der Waals surface area contributed by atoms with Crippen LogP contribution >= 0.6 is 0 Å². The summed E-state index contributed by atoms with van der Waals surface area (Å²) in [5.41, 5.74) is 0.619. The van der Waals surface area contributed by atoms with Crippen LogP contribution in [0.1, 0.15) is 15.9 Å². The maximum absolute atomic E-state index is 13.2. The fourth-order valence-corrected chi connectivity index (χ4v) is 2.64. The number of ether oxygens (including phenoxy) is 1. The van der Waals surface area contributed by atoms with Gasteiger partial charge in [-0.1, -0.05) is 30.3 Å². The van der Waals surface area contributed by atoms with E-state index in [4.69, 9.17) is 4.74 Å². The third-order valence-corrected chi connectivity index (χ3v) is 4.00. The van der Waals surface area contributed by atoms with Crippen molar-refractivity contribution in [1.82, 2.24) is 4.98 Å². The number of carbonyl (C=O) groups is 1. The SMILES string of the molecule is COc1ccc(CN(C(=O)c2ccccc2[N+](=O)[O-])c2ccccn2)cc1. The summed E-state index contributed by atoms with van der Waals surface area (Å²) in [7, 11) is 1.58. The molecule has 1 aromatic heterocycles. The van der Waals surface area contributed by atoms with Gasteiger partial charge in [-0.15, -0.1) is 0 Å². The molecule has 3 aromatic rings. The third kappa shape index (κ3) is 4.09. The van der Waals surface area contributed by atoms with Crippen LogP contribution in [-0.2, 0) is 6.54 Å². The molecular weight excluding hydrogens is 346 g/mol. The van der Waals surface area contributed by atoms with Crippen LogP contribution < -0.4 is 9.64 Å². The molecule has 0 fully saturated rings. The summed E-state index contributed by atoms with van der Waals surface area (Å²) in [4.78, 5) is 29.6. The number of aromatic nitrogens is 1. The summed E-state index contributed by atoms with van der Waals surface area (Å²) in [6.45, 7) is 0.214. The largest absolute Gasteiger partial charge is 0.497 e. The number of benzene rings is 2. The summed E-state index contributed by atoms with van der Waals surface area (Å²) in [5, 5.41) is 11.3. The molecule has 136 valence electrons. The monoisotopic (exact) mass is 363 g/mol. The molecule has 2 aromatic carbocycles. The number of carbonyl (C=O) groups excluding carboxylic acids is 1. The lowest BCUT2D eigenvalue weighted by atomic mass is 10.1. The van der Waals surface area contributed by atoms with Gasteiger partial charge in [-0.3, -0.25) is 19.8 Å². The van der Waals surface area contributed by atoms with Gasteiger partial charge in [-0.2, -0.15) is 0 Å². The Morgan fingerprint density at radius 3 is 2.41 bits per heavy atom. The fraction of sp³-hybridized carbons (Fsp3) is 0.100. The number of nitro groups is 1. The number of pyridine rings is 1. The van der Waals surface area contributed by atoms with Crippen LogP contribution in [0.15, 0.2) is 72.9 Å². The van der Waals surface area contributed by atoms with Gasteiger partial charge in [0.15, 0.2) is 0 Å². The standard InChI is InChI=1S/C20H17N3O4/c1-27-16-11-9-15(10-12-16)14-22(19-8-4-5-13-21-19)20(24)17-6-2-3-7-18(17)23(25)26/h2-13H,14H2,1H3. The minimum absolute atomic E-state index is 0.0154. The van der Waals surface area contributed by atoms with Crippen molar-refractivity contribution in [3.8, 4) is 5.75 Å². The number of para-hydroxylation sites is 1. The predicted molar refractivity (Wildman–Crippen MR) is 101 cm³/mol. The first-order chi connectivity index (χ1) is 13.1. The summed E-state index contributed by atoms with van der Waals surface area (Å²) in [6.07, 6.45) is 1.57. The lowest BCUT2D eigenvalue weighted by molar-refractivity contribution is -0.385. The zero-order chi connectivity index (χ0) is 19.2. The Bertz CT molecular complexity index is 943. The van der Waals surface area contributed by atoms with Crippen LogP contribution in [0.25, 0.3) is 0 Å². The molecule has 0 unspecified atom stereocenters. The van der Waals surface area contributed by atoms with E-state index in [1.807, 2.05) is 12.1 Å². The van der Waals surface area contributed by atoms with E-state index in [1.54, 1.807) is 49.7 Å². The Kier molecular flexibility index (Phi) is 5.41. The van der Waals surface area contributed by atoms with E-state index in [2.05, 4.69) is 4.98 Å². The van der Waals surface area contributed by atoms with Gasteiger partial charge in [0.25, 0.3) is 11.6 Å². The van der Waals surface area contributed by atoms with Crippen LogP contribution in [0.5, 0.6) is 5.75 Å². The molecule has 0 radical (unpaired) electrons. The minimum Gasteiger partial charge on any atom is -0.497 e. The minimum atomic E-state index is -0.558. The highest BCUT2D eigenvalue weighted by molar-refractivity contribution is 6.08. The molecule has 0 N–H and O–H groups in total. The fourth-order valence-electron chi connectivity index (χ4n) is 2.64. The highest BCUT2D eigenvalue weighted by Crippen LogP contribution is 2.24. The number of nitro benzene ring substituents is 1. The molecule has 7 nitrogen and oxygen atoms in total. The Morgan fingerprint density at radius 2 is 1.78 bits per heavy atom. The highest BCUT2D eigenvalue weighted by Gasteiger charge is 2.26. The molecule has 0 saturated carbocycles. The van der Waals surface area contributed by atoms with Gasteiger partial charge in [0.2, 0.25) is 0 Å². The molecule has 0 bridgehead atoms. The first kappa shape index (κ1) is 18.1. The topological polar surface area (TPSA) is 85.6 Å². The second kappa shape index (κ2) is 8.09. The molecule has 0 atom stereocenters. The number of amides is 1. The van der Waals surface area contributed by atoms with Crippen LogP contribution in [0.2, 0.25) is 0 Å². The second-order valence-corrected chi connectivity index (χ2v) is 5.70. The van der Waals surface area contributed by atoms with E-state index < -0.39 is 10.8 Å². The first-order valence-corrected chi connectivity index (χ1v) is 8.19. The molecular formula is C20H17N3O4. The number of anilines is 1. The van der Waals surface area contributed by atoms with Gasteiger partial charge in [0.05, 0.1) is 18.6 Å². The lowest BCUT2D eigenvalue weighted by Crippen LogP contribution is -2.31. The van der Waals surface area contributed by atoms with Gasteiger partial charge in [-0.05, 0) is 35.9 Å². The molecule has 1 heterocycles. The molecule has 7 heteroatoms. The van der Waals surface area contributed by atoms with E-state index in [-0.39, 0.29) is 17.8 Å². The molecule has 0 aliphatic heterocycles. The average molecular weight is 363 g/mol. The molecule has 1 amide bonds. The maximum atomic E-state index is 13.2. The van der Waals surface area contributed by atoms with Gasteiger partial charge >= 0.3 is 0 Å². The van der Waals surface area contributed by atoms with E-state index in [1.165, 1.54) is 23.1 Å². The quantitative estimate of drug-likeness (QED) is 0.490. The average Bonchev–Trinajstić information content (AvgIpc) is 2.72. The van der Waals surface area contributed by atoms with Gasteiger partial charge < -0.3 is 4.74 Å². The van der Waals surface area contributed by atoms with Crippen molar-refractivity contribution in [1.29, 1.82) is 0 Å². The van der Waals surface area contributed by atoms with E-state index in [0.717, 1.165) is 5.56 Å². The van der Waals surface area contributed by atoms with Crippen molar-refractivity contribution in [3.63, 3.8) is 0 Å². The Morgan fingerprint density at radius 1 is 1.07 bits per heavy atom. The zero-order valence-corrected chi connectivity index (χ0v) is 14.6. The summed E-state index contributed by atoms with van der Waals surface area (Å²) in [5.74, 6) is 0.626. The normalized spacial score (nSPS) is 10.3. The Labute approximate surface area is 156 Å². The number of rotatable bonds is 6. The van der Waals surface area contributed by atoms with Crippen molar-refractivity contribution in [3.05, 3.63) is 94.2 Å². The maximum Gasteiger partial charge on any atom is 0.282 e. The van der Waals surface area contributed by atoms with Gasteiger partial charge in [0.1, 0.15) is 17.1 Å². The van der Waals surface area contributed by atoms with Crippen LogP contribution in [0.4, 0.5) is 11.5 Å². The molecule has 0 saturated heterocycles. The van der Waals surface area contributed by atoms with Gasteiger partial charge in [0, 0.05) is 12.3 Å². The van der Waals surface area contributed by atoms with Crippen molar-refractivity contribution in [2.75, 3.05) is 12.0 Å². The lowest BCUT2D eigenvalue weighted by Gasteiger charge is -2.22. The molecule has 0 spiro atoms. The summed E-state index contributed by atoms with van der Waals surface area (Å²) >= 11 is 0.